The smallest absolute Gasteiger partial charge is 0.417 e. The molecule has 3 rings (SSSR count). The quantitative estimate of drug-likeness (QED) is 0.469. The first-order valence-electron chi connectivity index (χ1n) is 7.26. The summed E-state index contributed by atoms with van der Waals surface area (Å²) in [5, 5.41) is 16.7. The van der Waals surface area contributed by atoms with Gasteiger partial charge in [-0.15, -0.1) is 10.2 Å². The third kappa shape index (κ3) is 4.03. The van der Waals surface area contributed by atoms with Crippen molar-refractivity contribution in [1.82, 2.24) is 14.6 Å². The first-order valence-corrected chi connectivity index (χ1v) is 8.62. The average molecular weight is 399 g/mol. The van der Waals surface area contributed by atoms with Crippen molar-refractivity contribution in [2.45, 2.75) is 11.3 Å². The number of nitriles is 1. The van der Waals surface area contributed by atoms with Crippen molar-refractivity contribution in [3.8, 4) is 11.8 Å². The summed E-state index contributed by atoms with van der Waals surface area (Å²) in [6.07, 6.45) is -3.60. The summed E-state index contributed by atoms with van der Waals surface area (Å²) >= 11 is 7.06. The van der Waals surface area contributed by atoms with E-state index in [4.69, 9.17) is 21.6 Å². The summed E-state index contributed by atoms with van der Waals surface area (Å²) in [5.74, 6) is 0.962. The number of alkyl halides is 3. The SMILES string of the molecule is N#Cc1cccc(OCCSc2nnc3c(Cl)cc(C(F)(F)F)cn23)c1. The van der Waals surface area contributed by atoms with Crippen molar-refractivity contribution in [3.05, 3.63) is 52.7 Å². The average Bonchev–Trinajstić information content (AvgIpc) is 3.02. The normalized spacial score (nSPS) is 11.5. The molecule has 10 heteroatoms. The minimum Gasteiger partial charge on any atom is -0.493 e. The van der Waals surface area contributed by atoms with Crippen LogP contribution in [-0.4, -0.2) is 27.0 Å². The molecule has 1 aromatic carbocycles. The van der Waals surface area contributed by atoms with Gasteiger partial charge >= 0.3 is 6.18 Å². The maximum atomic E-state index is 12.9. The molecule has 3 aromatic rings. The molecule has 0 saturated heterocycles. The molecule has 5 nitrogen and oxygen atoms in total. The number of hydrogen-bond acceptors (Lipinski definition) is 5. The van der Waals surface area contributed by atoms with Gasteiger partial charge in [0.25, 0.3) is 0 Å². The molecule has 0 saturated carbocycles. The maximum Gasteiger partial charge on any atom is 0.417 e. The van der Waals surface area contributed by atoms with Gasteiger partial charge in [0.05, 0.1) is 28.8 Å². The Bertz CT molecular complexity index is 984. The Hall–Kier alpha value is -2.44. The molecule has 0 spiro atoms. The number of rotatable bonds is 5. The standard InChI is InChI=1S/C16H10ClF3N4OS/c17-13-7-11(16(18,19)20)9-24-14(13)22-23-15(24)26-5-4-25-12-3-1-2-10(6-12)8-21/h1-3,6-7,9H,4-5H2. The van der Waals surface area contributed by atoms with E-state index in [2.05, 4.69) is 10.2 Å². The summed E-state index contributed by atoms with van der Waals surface area (Å²) < 4.78 is 45.5. The van der Waals surface area contributed by atoms with Gasteiger partial charge in [-0.3, -0.25) is 4.40 Å². The third-order valence-electron chi connectivity index (χ3n) is 3.30. The van der Waals surface area contributed by atoms with Crippen LogP contribution in [0.2, 0.25) is 5.02 Å². The van der Waals surface area contributed by atoms with Gasteiger partial charge in [0.1, 0.15) is 5.75 Å². The molecule has 26 heavy (non-hydrogen) atoms. The van der Waals surface area contributed by atoms with Crippen molar-refractivity contribution in [3.63, 3.8) is 0 Å². The lowest BCUT2D eigenvalue weighted by Crippen LogP contribution is -2.07. The summed E-state index contributed by atoms with van der Waals surface area (Å²) in [6.45, 7) is 0.279. The van der Waals surface area contributed by atoms with Crippen LogP contribution in [0.25, 0.3) is 5.65 Å². The van der Waals surface area contributed by atoms with Crippen LogP contribution in [0, 0.1) is 11.3 Å². The van der Waals surface area contributed by atoms with Crippen LogP contribution >= 0.6 is 23.4 Å². The predicted molar refractivity (Wildman–Crippen MR) is 90.4 cm³/mol. The van der Waals surface area contributed by atoms with E-state index in [1.54, 1.807) is 24.3 Å². The van der Waals surface area contributed by atoms with E-state index in [0.29, 0.717) is 17.1 Å². The zero-order chi connectivity index (χ0) is 18.7. The predicted octanol–water partition coefficient (Wildman–Crippen LogP) is 4.44. The van der Waals surface area contributed by atoms with Gasteiger partial charge in [0.2, 0.25) is 0 Å². The highest BCUT2D eigenvalue weighted by molar-refractivity contribution is 7.99. The zero-order valence-electron chi connectivity index (χ0n) is 13.0. The topological polar surface area (TPSA) is 63.2 Å². The molecule has 2 aromatic heterocycles. The van der Waals surface area contributed by atoms with Crippen molar-refractivity contribution >= 4 is 29.0 Å². The van der Waals surface area contributed by atoms with Gasteiger partial charge in [-0.05, 0) is 24.3 Å². The fourth-order valence-electron chi connectivity index (χ4n) is 2.14. The Kier molecular flexibility index (Phi) is 5.25. The van der Waals surface area contributed by atoms with Crippen LogP contribution in [0.4, 0.5) is 13.2 Å². The summed E-state index contributed by atoms with van der Waals surface area (Å²) in [7, 11) is 0. The van der Waals surface area contributed by atoms with Gasteiger partial charge in [-0.1, -0.05) is 29.4 Å². The molecule has 134 valence electrons. The number of pyridine rings is 1. The van der Waals surface area contributed by atoms with E-state index < -0.39 is 11.7 Å². The zero-order valence-corrected chi connectivity index (χ0v) is 14.6. The molecular formula is C16H10ClF3N4OS. The minimum absolute atomic E-state index is 0.122. The van der Waals surface area contributed by atoms with Crippen molar-refractivity contribution in [2.24, 2.45) is 0 Å². The molecule has 0 aliphatic carbocycles. The van der Waals surface area contributed by atoms with Gasteiger partial charge < -0.3 is 4.74 Å². The van der Waals surface area contributed by atoms with Crippen LogP contribution in [-0.2, 0) is 6.18 Å². The number of benzene rings is 1. The van der Waals surface area contributed by atoms with Crippen LogP contribution in [0.5, 0.6) is 5.75 Å². The van der Waals surface area contributed by atoms with Crippen LogP contribution < -0.4 is 4.74 Å². The Morgan fingerprint density at radius 2 is 2.08 bits per heavy atom. The molecule has 2 heterocycles. The number of fused-ring (bicyclic) bond motifs is 1. The second-order valence-electron chi connectivity index (χ2n) is 5.09. The monoisotopic (exact) mass is 398 g/mol. The number of halogens is 4. The van der Waals surface area contributed by atoms with Crippen LogP contribution in [0.3, 0.4) is 0 Å². The van der Waals surface area contributed by atoms with E-state index in [1.165, 1.54) is 16.2 Å². The highest BCUT2D eigenvalue weighted by Gasteiger charge is 2.32. The molecule has 0 unspecified atom stereocenters. The first-order chi connectivity index (χ1) is 12.4. The van der Waals surface area contributed by atoms with E-state index in [9.17, 15) is 13.2 Å². The number of nitrogens with zero attached hydrogens (tertiary/aromatic N) is 4. The Labute approximate surface area is 155 Å². The molecule has 0 amide bonds. The van der Waals surface area contributed by atoms with Crippen molar-refractivity contribution < 1.29 is 17.9 Å². The maximum absolute atomic E-state index is 12.9. The molecule has 0 bridgehead atoms. The molecular weight excluding hydrogens is 389 g/mol. The van der Waals surface area contributed by atoms with Crippen molar-refractivity contribution in [1.29, 1.82) is 5.26 Å². The number of aromatic nitrogens is 3. The lowest BCUT2D eigenvalue weighted by molar-refractivity contribution is -0.137. The Morgan fingerprint density at radius 3 is 2.81 bits per heavy atom. The largest absolute Gasteiger partial charge is 0.493 e. The van der Waals surface area contributed by atoms with E-state index in [-0.39, 0.29) is 22.4 Å². The molecule has 0 atom stereocenters. The molecule has 0 N–H and O–H groups in total. The van der Waals surface area contributed by atoms with Gasteiger partial charge in [0.15, 0.2) is 10.8 Å². The summed E-state index contributed by atoms with van der Waals surface area (Å²) in [5.41, 5.74) is -0.237. The van der Waals surface area contributed by atoms with E-state index in [0.717, 1.165) is 12.3 Å². The lowest BCUT2D eigenvalue weighted by Gasteiger charge is -2.09. The van der Waals surface area contributed by atoms with Crippen LogP contribution in [0.1, 0.15) is 11.1 Å². The fourth-order valence-corrected chi connectivity index (χ4v) is 3.11. The molecule has 0 radical (unpaired) electrons. The molecule has 0 aliphatic heterocycles. The van der Waals surface area contributed by atoms with E-state index in [1.807, 2.05) is 6.07 Å². The summed E-state index contributed by atoms with van der Waals surface area (Å²) in [4.78, 5) is 0. The van der Waals surface area contributed by atoms with Gasteiger partial charge in [-0.25, -0.2) is 0 Å². The molecule has 0 fully saturated rings. The van der Waals surface area contributed by atoms with Gasteiger partial charge in [0, 0.05) is 11.9 Å². The highest BCUT2D eigenvalue weighted by Crippen LogP contribution is 2.33. The number of thioether (sulfide) groups is 1. The third-order valence-corrected chi connectivity index (χ3v) is 4.49. The van der Waals surface area contributed by atoms with Crippen molar-refractivity contribution in [2.75, 3.05) is 12.4 Å². The number of ether oxygens (including phenoxy) is 1. The second-order valence-corrected chi connectivity index (χ2v) is 6.56. The first kappa shape index (κ1) is 18.4. The Balaban J connectivity index is 1.69. The number of hydrogen-bond donors (Lipinski definition) is 0. The second kappa shape index (κ2) is 7.43. The summed E-state index contributed by atoms with van der Waals surface area (Å²) in [6, 6.07) is 9.52. The molecule has 0 aliphatic rings. The Morgan fingerprint density at radius 1 is 1.27 bits per heavy atom. The minimum atomic E-state index is -4.51. The van der Waals surface area contributed by atoms with E-state index >= 15 is 0 Å². The van der Waals surface area contributed by atoms with Gasteiger partial charge in [-0.2, -0.15) is 18.4 Å². The van der Waals surface area contributed by atoms with Crippen LogP contribution in [0.15, 0.2) is 41.7 Å². The fraction of sp³-hybridized carbons (Fsp3) is 0.188. The highest BCUT2D eigenvalue weighted by atomic mass is 35.5. The lowest BCUT2D eigenvalue weighted by atomic mass is 10.2.